The maximum atomic E-state index is 13.3. The highest BCUT2D eigenvalue weighted by atomic mass is 32.2. The Kier molecular flexibility index (Phi) is 7.06. The van der Waals surface area contributed by atoms with Crippen molar-refractivity contribution in [1.82, 2.24) is 24.6 Å². The summed E-state index contributed by atoms with van der Waals surface area (Å²) in [6.45, 7) is 5.00. The Morgan fingerprint density at radius 2 is 1.97 bits per heavy atom. The van der Waals surface area contributed by atoms with Gasteiger partial charge in [0.15, 0.2) is 0 Å². The maximum absolute atomic E-state index is 13.3. The highest BCUT2D eigenvalue weighted by molar-refractivity contribution is 7.98. The van der Waals surface area contributed by atoms with Crippen molar-refractivity contribution in [2.45, 2.75) is 49.1 Å². The number of carbonyl (C=O) groups is 1. The van der Waals surface area contributed by atoms with E-state index in [0.29, 0.717) is 31.4 Å². The van der Waals surface area contributed by atoms with E-state index in [0.717, 1.165) is 11.1 Å². The second kappa shape index (κ2) is 9.82. The number of sulfonamides is 1. The number of aromatic nitrogens is 3. The first-order valence-electron chi connectivity index (χ1n) is 11.1. The van der Waals surface area contributed by atoms with Crippen LogP contribution in [0.1, 0.15) is 38.3 Å². The molecule has 0 saturated carbocycles. The van der Waals surface area contributed by atoms with E-state index in [1.165, 1.54) is 9.20 Å². The van der Waals surface area contributed by atoms with Gasteiger partial charge in [-0.2, -0.15) is 4.31 Å². The number of nitrogens with one attached hydrogen (secondary N) is 1. The first kappa shape index (κ1) is 23.7. The van der Waals surface area contributed by atoms with E-state index in [4.69, 9.17) is 0 Å². The number of amides is 1. The van der Waals surface area contributed by atoms with Crippen molar-refractivity contribution < 1.29 is 13.2 Å². The zero-order valence-electron chi connectivity index (χ0n) is 19.1. The van der Waals surface area contributed by atoms with Gasteiger partial charge in [-0.25, -0.2) is 13.1 Å². The number of carbonyl (C=O) groups excluding carboxylic acids is 1. The topological polar surface area (TPSA) is 97.2 Å². The summed E-state index contributed by atoms with van der Waals surface area (Å²) in [6.07, 6.45) is 3.34. The fourth-order valence-electron chi connectivity index (χ4n) is 4.06. The van der Waals surface area contributed by atoms with Gasteiger partial charge in [-0.3, -0.25) is 4.79 Å². The molecule has 0 aliphatic carbocycles. The number of piperidine rings is 1. The van der Waals surface area contributed by atoms with Gasteiger partial charge in [-0.05, 0) is 68.8 Å². The minimum atomic E-state index is -3.73. The van der Waals surface area contributed by atoms with Crippen LogP contribution in [0.5, 0.6) is 0 Å². The molecule has 2 aromatic carbocycles. The predicted molar refractivity (Wildman–Crippen MR) is 129 cm³/mol. The normalized spacial score (nSPS) is 17.5. The van der Waals surface area contributed by atoms with Gasteiger partial charge in [0.1, 0.15) is 5.52 Å². The first-order chi connectivity index (χ1) is 15.8. The lowest BCUT2D eigenvalue weighted by molar-refractivity contribution is -0.126. The average Bonchev–Trinajstić information content (AvgIpc) is 3.26. The second-order valence-corrected chi connectivity index (χ2v) is 11.4. The minimum Gasteiger partial charge on any atom is -0.352 e. The number of hydrogen-bond acceptors (Lipinski definition) is 6. The molecule has 2 heterocycles. The molecule has 1 unspecified atom stereocenters. The summed E-state index contributed by atoms with van der Waals surface area (Å²) in [5.74, 6) is -0.483. The van der Waals surface area contributed by atoms with Crippen LogP contribution in [0.3, 0.4) is 0 Å². The minimum absolute atomic E-state index is 0.112. The molecule has 0 spiro atoms. The van der Waals surface area contributed by atoms with Crippen LogP contribution < -0.4 is 5.32 Å². The summed E-state index contributed by atoms with van der Waals surface area (Å²) in [5.41, 5.74) is 2.36. The number of fused-ring (bicyclic) bond motifs is 1. The summed E-state index contributed by atoms with van der Waals surface area (Å²) in [6, 6.07) is 13.1. The van der Waals surface area contributed by atoms with Crippen LogP contribution in [0.15, 0.2) is 52.3 Å². The molecule has 1 aliphatic rings. The molecule has 1 aromatic heterocycles. The Balaban J connectivity index is 1.44. The smallest absolute Gasteiger partial charge is 0.243 e. The van der Waals surface area contributed by atoms with Crippen molar-refractivity contribution in [2.75, 3.05) is 19.3 Å². The van der Waals surface area contributed by atoms with E-state index in [9.17, 15) is 13.2 Å². The van der Waals surface area contributed by atoms with Crippen LogP contribution in [0.4, 0.5) is 0 Å². The summed E-state index contributed by atoms with van der Waals surface area (Å²) in [4.78, 5) is 14.1. The summed E-state index contributed by atoms with van der Waals surface area (Å²) < 4.78 is 29.8. The second-order valence-electron chi connectivity index (χ2n) is 8.55. The molecule has 10 heteroatoms. The fourth-order valence-corrected chi connectivity index (χ4v) is 6.02. The lowest BCUT2D eigenvalue weighted by Gasteiger charge is -2.31. The fraction of sp³-hybridized carbons (Fsp3) is 0.435. The van der Waals surface area contributed by atoms with E-state index in [1.54, 1.807) is 34.6 Å². The Morgan fingerprint density at radius 1 is 1.21 bits per heavy atom. The number of rotatable bonds is 7. The van der Waals surface area contributed by atoms with Gasteiger partial charge in [-0.1, -0.05) is 17.3 Å². The summed E-state index contributed by atoms with van der Waals surface area (Å²) in [7, 11) is -3.73. The van der Waals surface area contributed by atoms with Crippen molar-refractivity contribution in [3.05, 3.63) is 48.0 Å². The Hall–Kier alpha value is -2.43. The van der Waals surface area contributed by atoms with Gasteiger partial charge in [-0.15, -0.1) is 16.9 Å². The maximum Gasteiger partial charge on any atom is 0.243 e. The molecule has 1 atom stereocenters. The molecule has 1 N–H and O–H groups in total. The van der Waals surface area contributed by atoms with Gasteiger partial charge in [0, 0.05) is 30.6 Å². The van der Waals surface area contributed by atoms with Gasteiger partial charge in [0.2, 0.25) is 15.9 Å². The van der Waals surface area contributed by atoms with Crippen LogP contribution in [-0.4, -0.2) is 53.0 Å². The first-order valence-corrected chi connectivity index (χ1v) is 13.7. The molecule has 3 aromatic rings. The number of thioether (sulfide) groups is 1. The third-order valence-corrected chi connectivity index (χ3v) is 8.55. The molecule has 1 saturated heterocycles. The van der Waals surface area contributed by atoms with Crippen LogP contribution >= 0.6 is 11.8 Å². The summed E-state index contributed by atoms with van der Waals surface area (Å²) in [5, 5.41) is 11.2. The van der Waals surface area contributed by atoms with Gasteiger partial charge >= 0.3 is 0 Å². The largest absolute Gasteiger partial charge is 0.352 e. The lowest BCUT2D eigenvalue weighted by atomic mass is 9.99. The van der Waals surface area contributed by atoms with Crippen LogP contribution in [0.2, 0.25) is 0 Å². The number of nitrogens with zero attached hydrogens (tertiary/aromatic N) is 4. The van der Waals surface area contributed by atoms with E-state index < -0.39 is 10.0 Å². The molecule has 0 radical (unpaired) electrons. The van der Waals surface area contributed by atoms with Crippen molar-refractivity contribution in [1.29, 1.82) is 0 Å². The van der Waals surface area contributed by atoms with Crippen LogP contribution in [0, 0.1) is 5.92 Å². The molecule has 0 bridgehead atoms. The highest BCUT2D eigenvalue weighted by Gasteiger charge is 2.33. The van der Waals surface area contributed by atoms with Crippen molar-refractivity contribution >= 4 is 38.7 Å². The molecule has 4 rings (SSSR count). The molecule has 33 heavy (non-hydrogen) atoms. The van der Waals surface area contributed by atoms with Crippen LogP contribution in [0.25, 0.3) is 11.0 Å². The zero-order chi connectivity index (χ0) is 23.6. The molecular formula is C23H29N5O3S2. The Bertz CT molecular complexity index is 1240. The van der Waals surface area contributed by atoms with E-state index in [-0.39, 0.29) is 29.3 Å². The van der Waals surface area contributed by atoms with Gasteiger partial charge < -0.3 is 5.32 Å². The highest BCUT2D eigenvalue weighted by Crippen LogP contribution is 2.26. The van der Waals surface area contributed by atoms with Crippen molar-refractivity contribution in [3.63, 3.8) is 0 Å². The summed E-state index contributed by atoms with van der Waals surface area (Å²) >= 11 is 1.67. The number of benzene rings is 2. The van der Waals surface area contributed by atoms with Gasteiger partial charge in [0.25, 0.3) is 0 Å². The third kappa shape index (κ3) is 5.07. The monoisotopic (exact) mass is 487 g/mol. The van der Waals surface area contributed by atoms with E-state index in [1.807, 2.05) is 44.4 Å². The Morgan fingerprint density at radius 3 is 2.67 bits per heavy atom. The molecule has 1 amide bonds. The number of hydrogen-bond donors (Lipinski definition) is 1. The molecule has 1 aliphatic heterocycles. The standard InChI is InChI=1S/C23H29N5O3S2/c1-16(2)28-22-11-10-20(13-21(22)25-26-28)33(30,31)27-12-4-5-18(15-27)23(29)24-14-17-6-8-19(32-3)9-7-17/h6-11,13,16,18H,4-5,12,14-15H2,1-3H3,(H,24,29). The van der Waals surface area contributed by atoms with Crippen molar-refractivity contribution in [3.8, 4) is 0 Å². The average molecular weight is 488 g/mol. The molecular weight excluding hydrogens is 458 g/mol. The van der Waals surface area contributed by atoms with Crippen molar-refractivity contribution in [2.24, 2.45) is 5.92 Å². The van der Waals surface area contributed by atoms with E-state index in [2.05, 4.69) is 15.6 Å². The SMILES string of the molecule is CSc1ccc(CNC(=O)C2CCCN(S(=O)(=O)c3ccc4c(c3)nnn4C(C)C)C2)cc1. The third-order valence-electron chi connectivity index (χ3n) is 5.95. The van der Waals surface area contributed by atoms with Crippen LogP contribution in [-0.2, 0) is 21.4 Å². The molecule has 176 valence electrons. The predicted octanol–water partition coefficient (Wildman–Crippen LogP) is 3.45. The molecule has 8 nitrogen and oxygen atoms in total. The lowest BCUT2D eigenvalue weighted by Crippen LogP contribution is -2.45. The zero-order valence-corrected chi connectivity index (χ0v) is 20.7. The Labute approximate surface area is 198 Å². The van der Waals surface area contributed by atoms with Gasteiger partial charge in [0.05, 0.1) is 16.3 Å². The molecule has 1 fully saturated rings. The quantitative estimate of drug-likeness (QED) is 0.513. The van der Waals surface area contributed by atoms with E-state index >= 15 is 0 Å².